The Bertz CT molecular complexity index is 3180. The Labute approximate surface area is 313 Å². The second kappa shape index (κ2) is 12.1. The van der Waals surface area contributed by atoms with Crippen molar-refractivity contribution in [2.75, 3.05) is 0 Å². The predicted octanol–water partition coefficient (Wildman–Crippen LogP) is 14.4. The first-order valence-corrected chi connectivity index (χ1v) is 18.3. The number of fused-ring (bicyclic) bond motifs is 8. The van der Waals surface area contributed by atoms with E-state index in [9.17, 15) is 0 Å². The number of allylic oxidation sites excluding steroid dienone is 2. The van der Waals surface area contributed by atoms with Gasteiger partial charge in [-0.1, -0.05) is 158 Å². The molecule has 0 bridgehead atoms. The van der Waals surface area contributed by atoms with Gasteiger partial charge < -0.3 is 4.42 Å². The topological polar surface area (TPSA) is 13.1 Å². The Morgan fingerprint density at radius 1 is 0.407 bits per heavy atom. The average Bonchev–Trinajstić information content (AvgIpc) is 3.47. The molecule has 0 amide bonds. The van der Waals surface area contributed by atoms with E-state index in [2.05, 4.69) is 182 Å². The molecule has 0 N–H and O–H groups in total. The fraction of sp³-hybridized carbons (Fsp3) is 0. The maximum atomic E-state index is 6.39. The van der Waals surface area contributed by atoms with Crippen LogP contribution in [-0.4, -0.2) is 0 Å². The van der Waals surface area contributed by atoms with Crippen molar-refractivity contribution >= 4 is 72.0 Å². The van der Waals surface area contributed by atoms with E-state index in [1.807, 2.05) is 18.2 Å². The van der Waals surface area contributed by atoms with Crippen molar-refractivity contribution < 1.29 is 4.42 Å². The molecule has 1 nitrogen and oxygen atoms in total. The van der Waals surface area contributed by atoms with Crippen molar-refractivity contribution in [3.05, 3.63) is 204 Å². The van der Waals surface area contributed by atoms with Crippen molar-refractivity contribution in [2.24, 2.45) is 0 Å². The molecule has 0 spiro atoms. The Morgan fingerprint density at radius 3 is 1.76 bits per heavy atom. The summed E-state index contributed by atoms with van der Waals surface area (Å²) in [6.45, 7) is 0. The molecule has 1 aromatic heterocycles. The third-order valence-electron chi connectivity index (χ3n) is 10.9. The molecule has 248 valence electrons. The summed E-state index contributed by atoms with van der Waals surface area (Å²) in [7, 11) is 0. The lowest BCUT2D eigenvalue weighted by molar-refractivity contribution is 0.670. The highest BCUT2D eigenvalue weighted by Gasteiger charge is 2.18. The zero-order chi connectivity index (χ0) is 35.6. The molecule has 1 aliphatic carbocycles. The first kappa shape index (κ1) is 30.3. The SMILES string of the molecule is C1=Cc2c(c#cc3ccccc23)C=CC=1c1cccc(-c2c3ccccc3c(-c3ccc(-c4cccc5c4oc4ccccc45)cc3)c3ccccc23)c1. The molecule has 9 aromatic carbocycles. The van der Waals surface area contributed by atoms with Gasteiger partial charge in [-0.25, -0.2) is 0 Å². The molecule has 1 aliphatic rings. The van der Waals surface area contributed by atoms with Crippen LogP contribution < -0.4 is 0 Å². The van der Waals surface area contributed by atoms with Crippen LogP contribution in [0.15, 0.2) is 180 Å². The van der Waals surface area contributed by atoms with Gasteiger partial charge in [-0.2, -0.15) is 0 Å². The molecular formula is C53H30O. The lowest BCUT2D eigenvalue weighted by atomic mass is 9.85. The van der Waals surface area contributed by atoms with E-state index in [4.69, 9.17) is 4.42 Å². The van der Waals surface area contributed by atoms with Gasteiger partial charge in [0.15, 0.2) is 0 Å². The molecule has 0 atom stereocenters. The van der Waals surface area contributed by atoms with Gasteiger partial charge >= 0.3 is 0 Å². The van der Waals surface area contributed by atoms with E-state index in [0.29, 0.717) is 0 Å². The Hall–Kier alpha value is -7.36. The van der Waals surface area contributed by atoms with Crippen molar-refractivity contribution in [2.45, 2.75) is 0 Å². The van der Waals surface area contributed by atoms with Crippen LogP contribution in [0.3, 0.4) is 0 Å². The van der Waals surface area contributed by atoms with Crippen LogP contribution >= 0.6 is 0 Å². The third kappa shape index (κ3) is 4.76. The van der Waals surface area contributed by atoms with Crippen LogP contribution in [0, 0.1) is 12.1 Å². The molecule has 0 radical (unpaired) electrons. The summed E-state index contributed by atoms with van der Waals surface area (Å²) in [5.41, 5.74) is 16.8. The Balaban J connectivity index is 1.04. The first-order chi connectivity index (χ1) is 26.8. The van der Waals surface area contributed by atoms with Crippen molar-refractivity contribution in [3.63, 3.8) is 0 Å². The number of para-hydroxylation sites is 2. The second-order valence-electron chi connectivity index (χ2n) is 13.9. The lowest BCUT2D eigenvalue weighted by Crippen LogP contribution is -1.91. The summed E-state index contributed by atoms with van der Waals surface area (Å²) >= 11 is 0. The van der Waals surface area contributed by atoms with Gasteiger partial charge in [-0.15, -0.1) is 5.73 Å². The molecule has 0 saturated carbocycles. The fourth-order valence-electron chi connectivity index (χ4n) is 8.39. The normalized spacial score (nSPS) is 12.3. The van der Waals surface area contributed by atoms with Gasteiger partial charge in [-0.05, 0) is 96.7 Å². The number of furan rings is 1. The van der Waals surface area contributed by atoms with Crippen molar-refractivity contribution in [1.29, 1.82) is 0 Å². The van der Waals surface area contributed by atoms with Crippen LogP contribution in [0.2, 0.25) is 0 Å². The minimum atomic E-state index is 0.913. The molecule has 0 unspecified atom stereocenters. The van der Waals surface area contributed by atoms with E-state index in [1.165, 1.54) is 43.8 Å². The van der Waals surface area contributed by atoms with Crippen molar-refractivity contribution in [3.8, 4) is 33.4 Å². The van der Waals surface area contributed by atoms with Gasteiger partial charge in [0.25, 0.3) is 0 Å². The summed E-state index contributed by atoms with van der Waals surface area (Å²) in [5.74, 6) is 0. The van der Waals surface area contributed by atoms with E-state index in [0.717, 1.165) is 66.1 Å². The zero-order valence-corrected chi connectivity index (χ0v) is 29.2. The van der Waals surface area contributed by atoms with Gasteiger partial charge in [0.1, 0.15) is 11.2 Å². The van der Waals surface area contributed by atoms with E-state index < -0.39 is 0 Å². The molecule has 1 heteroatoms. The monoisotopic (exact) mass is 682 g/mol. The molecule has 11 rings (SSSR count). The van der Waals surface area contributed by atoms with Crippen LogP contribution in [0.4, 0.5) is 0 Å². The zero-order valence-electron chi connectivity index (χ0n) is 29.2. The number of benzene rings is 8. The van der Waals surface area contributed by atoms with Crippen LogP contribution in [0.1, 0.15) is 16.7 Å². The molecule has 0 fully saturated rings. The fourth-order valence-corrected chi connectivity index (χ4v) is 8.39. The maximum absolute atomic E-state index is 6.39. The molecular weight excluding hydrogens is 653 g/mol. The summed E-state index contributed by atoms with van der Waals surface area (Å²) in [4.78, 5) is 0. The van der Waals surface area contributed by atoms with Gasteiger partial charge in [0, 0.05) is 38.4 Å². The Morgan fingerprint density at radius 2 is 1.00 bits per heavy atom. The number of hydrogen-bond acceptors (Lipinski definition) is 1. The van der Waals surface area contributed by atoms with Gasteiger partial charge in [0.05, 0.1) is 0 Å². The van der Waals surface area contributed by atoms with Gasteiger partial charge in [-0.3, -0.25) is 0 Å². The highest BCUT2D eigenvalue weighted by atomic mass is 16.3. The molecule has 54 heavy (non-hydrogen) atoms. The number of rotatable bonds is 4. The van der Waals surface area contributed by atoms with Gasteiger partial charge in [0.2, 0.25) is 0 Å². The summed E-state index contributed by atoms with van der Waals surface area (Å²) in [5, 5.41) is 9.42. The van der Waals surface area contributed by atoms with Crippen LogP contribution in [0.25, 0.3) is 105 Å². The third-order valence-corrected chi connectivity index (χ3v) is 10.9. The highest BCUT2D eigenvalue weighted by Crippen LogP contribution is 2.45. The average molecular weight is 683 g/mol. The predicted molar refractivity (Wildman–Crippen MR) is 227 cm³/mol. The van der Waals surface area contributed by atoms with E-state index in [-0.39, 0.29) is 0 Å². The first-order valence-electron chi connectivity index (χ1n) is 18.3. The summed E-state index contributed by atoms with van der Waals surface area (Å²) in [6, 6.07) is 65.3. The number of hydrogen-bond donors (Lipinski definition) is 0. The molecule has 0 aliphatic heterocycles. The summed E-state index contributed by atoms with van der Waals surface area (Å²) in [6.07, 6.45) is 6.39. The smallest absolute Gasteiger partial charge is 0.143 e. The highest BCUT2D eigenvalue weighted by molar-refractivity contribution is 6.21. The summed E-state index contributed by atoms with van der Waals surface area (Å²) < 4.78 is 6.39. The minimum absolute atomic E-state index is 0.913. The minimum Gasteiger partial charge on any atom is -0.455 e. The quantitative estimate of drug-likeness (QED) is 0.133. The standard InChI is InChI=1S/C53H30O/c1-2-14-41-35(11-1)25-26-36-24-23-34(31-32-42(36)41)39-12-9-13-40(33-39)52-47-18-5-3-16-45(47)51(46-17-4-6-19-48(46)52)38-29-27-37(28-30-38)43-20-10-21-49-44-15-7-8-22-50(44)54-53(43)49/h1-24,27-30,32-33H. The van der Waals surface area contributed by atoms with E-state index in [1.54, 1.807) is 0 Å². The lowest BCUT2D eigenvalue weighted by Gasteiger charge is -2.18. The molecule has 10 aromatic rings. The van der Waals surface area contributed by atoms with Crippen molar-refractivity contribution in [1.82, 2.24) is 0 Å². The van der Waals surface area contributed by atoms with Crippen LogP contribution in [0.5, 0.6) is 0 Å². The Kier molecular flexibility index (Phi) is 6.79. The maximum Gasteiger partial charge on any atom is 0.143 e. The largest absolute Gasteiger partial charge is 0.455 e. The second-order valence-corrected chi connectivity index (χ2v) is 13.9. The molecule has 0 saturated heterocycles. The molecule has 1 heterocycles. The van der Waals surface area contributed by atoms with Crippen LogP contribution in [-0.2, 0) is 0 Å². The van der Waals surface area contributed by atoms with E-state index >= 15 is 0 Å².